The van der Waals surface area contributed by atoms with E-state index in [-0.39, 0.29) is 29.6 Å². The number of likely N-dealkylation sites (tertiary alicyclic amines) is 1. The molecule has 1 aromatic heterocycles. The van der Waals surface area contributed by atoms with Gasteiger partial charge in [0.15, 0.2) is 0 Å². The molecular formula is C22H22N4O5S. The second-order valence-corrected chi connectivity index (χ2v) is 8.65. The van der Waals surface area contributed by atoms with Crippen molar-refractivity contribution in [1.29, 1.82) is 0 Å². The normalized spacial score (nSPS) is 17.9. The van der Waals surface area contributed by atoms with E-state index in [4.69, 9.17) is 0 Å². The van der Waals surface area contributed by atoms with Gasteiger partial charge in [-0.1, -0.05) is 18.2 Å². The van der Waals surface area contributed by atoms with Crippen molar-refractivity contribution in [2.45, 2.75) is 25.8 Å². The second kappa shape index (κ2) is 9.39. The second-order valence-electron chi connectivity index (χ2n) is 7.66. The number of imide groups is 1. The van der Waals surface area contributed by atoms with E-state index in [1.54, 1.807) is 52.1 Å². The summed E-state index contributed by atoms with van der Waals surface area (Å²) in [6.45, 7) is 1.31. The monoisotopic (exact) mass is 454 g/mol. The van der Waals surface area contributed by atoms with E-state index in [1.807, 2.05) is 0 Å². The minimum absolute atomic E-state index is 0.0173. The van der Waals surface area contributed by atoms with Crippen LogP contribution in [0.3, 0.4) is 0 Å². The lowest BCUT2D eigenvalue weighted by Crippen LogP contribution is -2.44. The first kappa shape index (κ1) is 21.8. The zero-order valence-corrected chi connectivity index (χ0v) is 18.1. The summed E-state index contributed by atoms with van der Waals surface area (Å²) in [5.41, 5.74) is 1.18. The first-order valence-corrected chi connectivity index (χ1v) is 11.2. The zero-order chi connectivity index (χ0) is 22.7. The highest BCUT2D eigenvalue weighted by atomic mass is 32.2. The molecule has 2 aromatic rings. The Morgan fingerprint density at radius 3 is 2.59 bits per heavy atom. The summed E-state index contributed by atoms with van der Waals surface area (Å²) in [6.07, 6.45) is 6.30. The van der Waals surface area contributed by atoms with Gasteiger partial charge in [-0.3, -0.25) is 29.4 Å². The number of rotatable bonds is 6. The average Bonchev–Trinajstić information content (AvgIpc) is 3.33. The number of nitro benzene ring substituents is 1. The fourth-order valence-corrected chi connectivity index (χ4v) is 4.68. The third-order valence-corrected chi connectivity index (χ3v) is 6.46. The van der Waals surface area contributed by atoms with Gasteiger partial charge >= 0.3 is 0 Å². The third-order valence-electron chi connectivity index (χ3n) is 5.55. The molecule has 0 bridgehead atoms. The summed E-state index contributed by atoms with van der Waals surface area (Å²) in [7, 11) is 0. The smallest absolute Gasteiger partial charge is 0.294 e. The molecule has 2 saturated heterocycles. The molecule has 3 amide bonds. The molecular weight excluding hydrogens is 432 g/mol. The molecule has 0 saturated carbocycles. The zero-order valence-electron chi connectivity index (χ0n) is 17.3. The van der Waals surface area contributed by atoms with E-state index in [9.17, 15) is 24.5 Å². The highest BCUT2D eigenvalue weighted by Gasteiger charge is 2.37. The molecule has 166 valence electrons. The van der Waals surface area contributed by atoms with Crippen molar-refractivity contribution >= 4 is 40.6 Å². The Hall–Kier alpha value is -3.40. The number of piperidine rings is 1. The average molecular weight is 455 g/mol. The maximum atomic E-state index is 12.8. The lowest BCUT2D eigenvalue weighted by Gasteiger charge is -2.27. The molecule has 4 rings (SSSR count). The summed E-state index contributed by atoms with van der Waals surface area (Å²) in [5.74, 6) is -0.711. The molecule has 2 fully saturated rings. The number of para-hydroxylation sites is 1. The van der Waals surface area contributed by atoms with Crippen molar-refractivity contribution in [1.82, 2.24) is 14.4 Å². The maximum Gasteiger partial charge on any atom is 0.294 e. The molecule has 0 spiro atoms. The number of carbonyl (C=O) groups excluding carboxylic acids is 3. The molecule has 32 heavy (non-hydrogen) atoms. The highest BCUT2D eigenvalue weighted by molar-refractivity contribution is 8.18. The summed E-state index contributed by atoms with van der Waals surface area (Å²) in [4.78, 5) is 51.5. The van der Waals surface area contributed by atoms with Crippen LogP contribution in [-0.2, 0) is 16.1 Å². The van der Waals surface area contributed by atoms with Gasteiger partial charge in [0.05, 0.1) is 16.4 Å². The topological polar surface area (TPSA) is 106 Å². The number of carbonyl (C=O) groups is 3. The summed E-state index contributed by atoms with van der Waals surface area (Å²) in [5, 5.41) is 10.8. The van der Waals surface area contributed by atoms with Gasteiger partial charge in [-0.2, -0.15) is 0 Å². The van der Waals surface area contributed by atoms with Crippen molar-refractivity contribution in [3.05, 3.63) is 68.9 Å². The Bertz CT molecular complexity index is 1100. The van der Waals surface area contributed by atoms with Crippen LogP contribution in [0.1, 0.15) is 30.5 Å². The minimum Gasteiger partial charge on any atom is -0.343 e. The number of thioether (sulfide) groups is 1. The van der Waals surface area contributed by atoms with Gasteiger partial charge in [-0.25, -0.2) is 0 Å². The van der Waals surface area contributed by atoms with E-state index in [2.05, 4.69) is 0 Å². The van der Waals surface area contributed by atoms with Crippen LogP contribution < -0.4 is 0 Å². The Labute approximate surface area is 188 Å². The Kier molecular flexibility index (Phi) is 6.40. The predicted molar refractivity (Wildman–Crippen MR) is 120 cm³/mol. The number of aromatic nitrogens is 1. The van der Waals surface area contributed by atoms with Gasteiger partial charge in [0.1, 0.15) is 6.54 Å². The number of benzene rings is 1. The quantitative estimate of drug-likeness (QED) is 0.376. The Morgan fingerprint density at radius 1 is 1.09 bits per heavy atom. The van der Waals surface area contributed by atoms with Gasteiger partial charge < -0.3 is 9.47 Å². The van der Waals surface area contributed by atoms with Crippen LogP contribution in [0.25, 0.3) is 6.08 Å². The fourth-order valence-electron chi connectivity index (χ4n) is 3.86. The number of hydrogen-bond donors (Lipinski definition) is 0. The number of nitrogens with zero attached hydrogens (tertiary/aromatic N) is 4. The van der Waals surface area contributed by atoms with Crippen molar-refractivity contribution in [2.24, 2.45) is 0 Å². The van der Waals surface area contributed by atoms with Crippen LogP contribution in [0.2, 0.25) is 0 Å². The summed E-state index contributed by atoms with van der Waals surface area (Å²) >= 11 is 0.798. The standard InChI is InChI=1S/C22H22N4O5S/c27-20(23-10-4-1-5-11-23)15-25-21(28)19(32-22(25)29)13-17-8-6-12-24(17)14-16-7-2-3-9-18(16)26(30)31/h2-3,6-9,12-13H,1,4-5,10-11,14-15H2/b19-13-. The maximum absolute atomic E-state index is 12.8. The van der Waals surface area contributed by atoms with Crippen LogP contribution in [0.15, 0.2) is 47.5 Å². The SMILES string of the molecule is O=C(CN1C(=O)S/C(=C\c2cccn2Cc2ccccc2[N+](=O)[O-])C1=O)N1CCCCC1. The van der Waals surface area contributed by atoms with Crippen LogP contribution >= 0.6 is 11.8 Å². The van der Waals surface area contributed by atoms with E-state index in [1.165, 1.54) is 6.07 Å². The highest BCUT2D eigenvalue weighted by Crippen LogP contribution is 2.32. The Balaban J connectivity index is 1.50. The molecule has 9 nitrogen and oxygen atoms in total. The first-order valence-electron chi connectivity index (χ1n) is 10.3. The van der Waals surface area contributed by atoms with Gasteiger partial charge in [0.2, 0.25) is 5.91 Å². The lowest BCUT2D eigenvalue weighted by molar-refractivity contribution is -0.385. The van der Waals surface area contributed by atoms with Crippen LogP contribution in [0.4, 0.5) is 10.5 Å². The fraction of sp³-hybridized carbons (Fsp3) is 0.318. The molecule has 0 atom stereocenters. The van der Waals surface area contributed by atoms with Gasteiger partial charge in [0.25, 0.3) is 16.8 Å². The first-order chi connectivity index (χ1) is 15.4. The summed E-state index contributed by atoms with van der Waals surface area (Å²) in [6, 6.07) is 10.0. The van der Waals surface area contributed by atoms with Crippen molar-refractivity contribution in [2.75, 3.05) is 19.6 Å². The van der Waals surface area contributed by atoms with Crippen molar-refractivity contribution < 1.29 is 19.3 Å². The Morgan fingerprint density at radius 2 is 1.84 bits per heavy atom. The third kappa shape index (κ3) is 4.59. The minimum atomic E-state index is -0.496. The molecule has 1 aromatic carbocycles. The van der Waals surface area contributed by atoms with Crippen LogP contribution in [0, 0.1) is 10.1 Å². The summed E-state index contributed by atoms with van der Waals surface area (Å²) < 4.78 is 1.77. The molecule has 2 aliphatic heterocycles. The van der Waals surface area contributed by atoms with Crippen molar-refractivity contribution in [3.63, 3.8) is 0 Å². The number of amides is 3. The largest absolute Gasteiger partial charge is 0.343 e. The van der Waals surface area contributed by atoms with Gasteiger partial charge in [0, 0.05) is 36.6 Å². The van der Waals surface area contributed by atoms with E-state index in [0.717, 1.165) is 35.9 Å². The van der Waals surface area contributed by atoms with E-state index in [0.29, 0.717) is 24.3 Å². The molecule has 0 N–H and O–H groups in total. The van der Waals surface area contributed by atoms with Gasteiger partial charge in [-0.15, -0.1) is 0 Å². The predicted octanol–water partition coefficient (Wildman–Crippen LogP) is 3.49. The van der Waals surface area contributed by atoms with Crippen molar-refractivity contribution in [3.8, 4) is 0 Å². The molecule has 0 unspecified atom stereocenters. The van der Waals surface area contributed by atoms with E-state index >= 15 is 0 Å². The molecule has 10 heteroatoms. The number of hydrogen-bond acceptors (Lipinski definition) is 6. The molecule has 2 aliphatic rings. The van der Waals surface area contributed by atoms with Crippen LogP contribution in [-0.4, -0.2) is 56.0 Å². The van der Waals surface area contributed by atoms with Crippen LogP contribution in [0.5, 0.6) is 0 Å². The molecule has 3 heterocycles. The van der Waals surface area contributed by atoms with E-state index < -0.39 is 16.1 Å². The molecule has 0 aliphatic carbocycles. The number of nitro groups is 1. The molecule has 0 radical (unpaired) electrons. The lowest BCUT2D eigenvalue weighted by atomic mass is 10.1. The van der Waals surface area contributed by atoms with Gasteiger partial charge in [-0.05, 0) is 49.2 Å².